The molecule has 2 aliphatic rings. The number of carbonyl (C=O) groups excluding carboxylic acids is 1. The number of halogens is 4. The molecule has 7 nitrogen and oxygen atoms in total. The molecular formula is C25H23ClF3N3O4S. The van der Waals surface area contributed by atoms with Crippen molar-refractivity contribution >= 4 is 33.0 Å². The van der Waals surface area contributed by atoms with Gasteiger partial charge >= 0.3 is 0 Å². The fourth-order valence-corrected chi connectivity index (χ4v) is 8.65. The van der Waals surface area contributed by atoms with Crippen LogP contribution in [0, 0.1) is 29.3 Å². The molecule has 4 atom stereocenters. The number of benzene rings is 2. The van der Waals surface area contributed by atoms with Crippen LogP contribution in [-0.4, -0.2) is 40.1 Å². The third-order valence-electron chi connectivity index (χ3n) is 7.24. The van der Waals surface area contributed by atoms with E-state index in [1.54, 1.807) is 23.1 Å². The SMILES string of the molecule is O=C(Nc1cc(F)c(F)c(F)c1)c1ccc(Cl)c(S(=O)(=O)C2C3CC[C@H]2CC(O)(Cn2cccn2)C3)c1. The van der Waals surface area contributed by atoms with Gasteiger partial charge in [0.1, 0.15) is 0 Å². The van der Waals surface area contributed by atoms with Crippen molar-refractivity contribution in [3.63, 3.8) is 0 Å². The van der Waals surface area contributed by atoms with E-state index in [0.717, 1.165) is 6.07 Å². The van der Waals surface area contributed by atoms with Gasteiger partial charge in [0, 0.05) is 35.8 Å². The highest BCUT2D eigenvalue weighted by Crippen LogP contribution is 2.51. The van der Waals surface area contributed by atoms with Crippen molar-refractivity contribution in [3.05, 3.63) is 76.8 Å². The van der Waals surface area contributed by atoms with Gasteiger partial charge in [-0.3, -0.25) is 9.48 Å². The zero-order valence-corrected chi connectivity index (χ0v) is 20.9. The summed E-state index contributed by atoms with van der Waals surface area (Å²) in [7, 11) is -4.00. The molecule has 2 aliphatic carbocycles. The van der Waals surface area contributed by atoms with Crippen LogP contribution in [0.3, 0.4) is 0 Å². The second-order valence-electron chi connectivity index (χ2n) is 9.80. The molecule has 2 N–H and O–H groups in total. The molecule has 5 rings (SSSR count). The number of hydrogen-bond acceptors (Lipinski definition) is 5. The van der Waals surface area contributed by atoms with Crippen LogP contribution in [-0.2, 0) is 16.4 Å². The van der Waals surface area contributed by atoms with Gasteiger partial charge in [0.15, 0.2) is 27.3 Å². The number of fused-ring (bicyclic) bond motifs is 2. The lowest BCUT2D eigenvalue weighted by Crippen LogP contribution is -2.48. The first-order chi connectivity index (χ1) is 17.5. The third-order valence-corrected chi connectivity index (χ3v) is 10.1. The minimum absolute atomic E-state index is 0.0628. The smallest absolute Gasteiger partial charge is 0.255 e. The number of anilines is 1. The lowest BCUT2D eigenvalue weighted by molar-refractivity contribution is -0.0354. The first-order valence-electron chi connectivity index (χ1n) is 11.7. The van der Waals surface area contributed by atoms with E-state index in [1.807, 2.05) is 0 Å². The summed E-state index contributed by atoms with van der Waals surface area (Å²) in [6, 6.07) is 6.68. The topological polar surface area (TPSA) is 101 Å². The van der Waals surface area contributed by atoms with E-state index in [2.05, 4.69) is 10.4 Å². The molecular weight excluding hydrogens is 531 g/mol. The Balaban J connectivity index is 1.39. The predicted octanol–water partition coefficient (Wildman–Crippen LogP) is 4.60. The van der Waals surface area contributed by atoms with Gasteiger partial charge in [-0.2, -0.15) is 5.10 Å². The number of aromatic nitrogens is 2. The van der Waals surface area contributed by atoms with Crippen LogP contribution in [0.1, 0.15) is 36.0 Å². The Bertz CT molecular complexity index is 1430. The highest BCUT2D eigenvalue weighted by atomic mass is 35.5. The van der Waals surface area contributed by atoms with E-state index >= 15 is 0 Å². The molecule has 2 aromatic carbocycles. The lowest BCUT2D eigenvalue weighted by Gasteiger charge is -2.40. The van der Waals surface area contributed by atoms with Crippen LogP contribution in [0.2, 0.25) is 5.02 Å². The number of rotatable bonds is 6. The van der Waals surface area contributed by atoms with E-state index in [0.29, 0.717) is 25.0 Å². The zero-order chi connectivity index (χ0) is 26.5. The standard InChI is InChI=1S/C25H23ClF3N3O4S/c26-18-5-4-14(24(33)31-17-9-19(27)22(29)20(28)10-17)8-21(18)37(35,36)23-15-2-3-16(23)12-25(34,11-15)13-32-7-1-6-30-32/h1,4-10,15-16,23,34H,2-3,11-13H2,(H,31,33)/t15-,16?,23?,25?/m0/s1. The van der Waals surface area contributed by atoms with Crippen LogP contribution in [0.5, 0.6) is 0 Å². The van der Waals surface area contributed by atoms with E-state index in [9.17, 15) is 31.5 Å². The highest BCUT2D eigenvalue weighted by molar-refractivity contribution is 7.92. The van der Waals surface area contributed by atoms with E-state index < -0.39 is 44.0 Å². The molecule has 37 heavy (non-hydrogen) atoms. The van der Waals surface area contributed by atoms with Crippen molar-refractivity contribution in [2.45, 2.75) is 48.0 Å². The summed E-state index contributed by atoms with van der Waals surface area (Å²) in [5.74, 6) is -6.08. The molecule has 0 radical (unpaired) electrons. The Morgan fingerprint density at radius 3 is 2.38 bits per heavy atom. The van der Waals surface area contributed by atoms with Crippen molar-refractivity contribution in [2.75, 3.05) is 5.32 Å². The van der Waals surface area contributed by atoms with Crippen molar-refractivity contribution < 1.29 is 31.5 Å². The molecule has 1 aromatic heterocycles. The van der Waals surface area contributed by atoms with Gasteiger partial charge in [-0.25, -0.2) is 21.6 Å². The van der Waals surface area contributed by atoms with Gasteiger partial charge in [0.25, 0.3) is 5.91 Å². The Morgan fingerprint density at radius 2 is 1.78 bits per heavy atom. The lowest BCUT2D eigenvalue weighted by atomic mass is 9.77. The number of carbonyl (C=O) groups is 1. The molecule has 2 fully saturated rings. The number of sulfone groups is 1. The minimum Gasteiger partial charge on any atom is -0.388 e. The largest absolute Gasteiger partial charge is 0.388 e. The summed E-state index contributed by atoms with van der Waals surface area (Å²) in [4.78, 5) is 12.5. The number of nitrogens with zero attached hydrogens (tertiary/aromatic N) is 2. The normalized spacial score (nSPS) is 25.3. The number of hydrogen-bond donors (Lipinski definition) is 2. The Kier molecular flexibility index (Phi) is 6.57. The van der Waals surface area contributed by atoms with Gasteiger partial charge in [0.05, 0.1) is 27.3 Å². The van der Waals surface area contributed by atoms with Crippen LogP contribution < -0.4 is 5.32 Å². The molecule has 3 unspecified atom stereocenters. The van der Waals surface area contributed by atoms with Crippen LogP contribution in [0.15, 0.2) is 53.7 Å². The second kappa shape index (κ2) is 9.45. The van der Waals surface area contributed by atoms with Gasteiger partial charge < -0.3 is 10.4 Å². The van der Waals surface area contributed by atoms with E-state index in [4.69, 9.17) is 11.6 Å². The molecule has 2 bridgehead atoms. The maximum atomic E-state index is 13.8. The van der Waals surface area contributed by atoms with Crippen molar-refractivity contribution in [2.24, 2.45) is 11.8 Å². The van der Waals surface area contributed by atoms with Crippen LogP contribution in [0.25, 0.3) is 0 Å². The minimum atomic E-state index is -4.00. The molecule has 12 heteroatoms. The summed E-state index contributed by atoms with van der Waals surface area (Å²) in [5.41, 5.74) is -1.52. The quantitative estimate of drug-likeness (QED) is 0.435. The van der Waals surface area contributed by atoms with E-state index in [-0.39, 0.29) is 52.4 Å². The molecule has 196 valence electrons. The van der Waals surface area contributed by atoms with Crippen molar-refractivity contribution in [3.8, 4) is 0 Å². The highest BCUT2D eigenvalue weighted by Gasteiger charge is 2.54. The predicted molar refractivity (Wildman–Crippen MR) is 129 cm³/mol. The van der Waals surface area contributed by atoms with Gasteiger partial charge in [-0.05, 0) is 61.8 Å². The molecule has 2 saturated carbocycles. The fraction of sp³-hybridized carbons (Fsp3) is 0.360. The summed E-state index contributed by atoms with van der Waals surface area (Å²) in [5, 5.41) is 16.8. The Morgan fingerprint density at radius 1 is 1.14 bits per heavy atom. The molecule has 0 saturated heterocycles. The number of nitrogens with one attached hydrogen (secondary N) is 1. The summed E-state index contributed by atoms with van der Waals surface area (Å²) in [6.45, 7) is 0.265. The molecule has 0 spiro atoms. The average molecular weight is 554 g/mol. The van der Waals surface area contributed by atoms with Crippen molar-refractivity contribution in [1.82, 2.24) is 9.78 Å². The number of amides is 1. The average Bonchev–Trinajstić information content (AvgIpc) is 3.43. The van der Waals surface area contributed by atoms with E-state index in [1.165, 1.54) is 12.1 Å². The Labute approximate surface area is 216 Å². The monoisotopic (exact) mass is 553 g/mol. The van der Waals surface area contributed by atoms with Crippen LogP contribution in [0.4, 0.5) is 18.9 Å². The first-order valence-corrected chi connectivity index (χ1v) is 13.6. The molecule has 1 heterocycles. The molecule has 0 aliphatic heterocycles. The van der Waals surface area contributed by atoms with Gasteiger partial charge in [0.2, 0.25) is 0 Å². The Hall–Kier alpha value is -2.89. The summed E-state index contributed by atoms with van der Waals surface area (Å²) < 4.78 is 69.5. The maximum absolute atomic E-state index is 13.8. The van der Waals surface area contributed by atoms with Crippen LogP contribution >= 0.6 is 11.6 Å². The second-order valence-corrected chi connectivity index (χ2v) is 12.3. The van der Waals surface area contributed by atoms with Crippen molar-refractivity contribution in [1.29, 1.82) is 0 Å². The molecule has 1 amide bonds. The van der Waals surface area contributed by atoms with Gasteiger partial charge in [-0.1, -0.05) is 11.6 Å². The number of aliphatic hydroxyl groups is 1. The first kappa shape index (κ1) is 25.7. The third kappa shape index (κ3) is 4.87. The summed E-state index contributed by atoms with van der Waals surface area (Å²) >= 11 is 6.28. The molecule has 3 aromatic rings. The fourth-order valence-electron chi connectivity index (χ4n) is 5.81. The summed E-state index contributed by atoms with van der Waals surface area (Å²) in [6.07, 6.45) is 5.19. The maximum Gasteiger partial charge on any atom is 0.255 e. The zero-order valence-electron chi connectivity index (χ0n) is 19.4. The van der Waals surface area contributed by atoms with Gasteiger partial charge in [-0.15, -0.1) is 0 Å².